The van der Waals surface area contributed by atoms with Crippen LogP contribution in [0.2, 0.25) is 0 Å². The first kappa shape index (κ1) is 32.4. The van der Waals surface area contributed by atoms with Crippen molar-refractivity contribution < 1.29 is 42.2 Å². The van der Waals surface area contributed by atoms with Crippen LogP contribution in [0.15, 0.2) is 43.0 Å². The van der Waals surface area contributed by atoms with Crippen LogP contribution in [0.3, 0.4) is 0 Å². The molecule has 14 nitrogen and oxygen atoms in total. The number of anilines is 1. The molecule has 1 fully saturated rings. The van der Waals surface area contributed by atoms with E-state index in [4.69, 9.17) is 18.5 Å². The number of imidazole rings is 1. The molecule has 1 saturated heterocycles. The Morgan fingerprint density at radius 2 is 1.86 bits per heavy atom. The lowest BCUT2D eigenvalue weighted by molar-refractivity contribution is -0.149. The van der Waals surface area contributed by atoms with Crippen molar-refractivity contribution in [2.24, 2.45) is 5.92 Å². The third kappa shape index (κ3) is 7.36. The number of halogens is 1. The number of nitrogens with zero attached hydrogens (tertiary/aromatic N) is 4. The molecular formula is C27H36FN6O8P. The number of carbonyl (C=O) groups excluding carboxylic acids is 2. The number of fused-ring (bicyclic) bond motifs is 1. The van der Waals surface area contributed by atoms with Crippen LogP contribution >= 0.6 is 7.75 Å². The largest absolute Gasteiger partial charge is 0.462 e. The third-order valence-corrected chi connectivity index (χ3v) is 8.17. The second-order valence-corrected chi connectivity index (χ2v) is 12.5. The van der Waals surface area contributed by atoms with Crippen molar-refractivity contribution in [1.29, 1.82) is 0 Å². The molecule has 1 aliphatic heterocycles. The summed E-state index contributed by atoms with van der Waals surface area (Å²) in [4.78, 5) is 37.1. The molecular weight excluding hydrogens is 586 g/mol. The summed E-state index contributed by atoms with van der Waals surface area (Å²) in [7, 11) is -4.31. The van der Waals surface area contributed by atoms with Gasteiger partial charge in [0, 0.05) is 5.92 Å². The van der Waals surface area contributed by atoms with Crippen molar-refractivity contribution in [2.45, 2.75) is 77.8 Å². The molecule has 3 N–H and O–H groups in total. The maximum Gasteiger partial charge on any atom is 0.459 e. The van der Waals surface area contributed by atoms with Gasteiger partial charge in [-0.05, 0) is 39.8 Å². The number of ether oxygens (including phenoxy) is 2. The van der Waals surface area contributed by atoms with Crippen LogP contribution < -0.4 is 14.9 Å². The van der Waals surface area contributed by atoms with Gasteiger partial charge in [-0.15, -0.1) is 0 Å². The van der Waals surface area contributed by atoms with Crippen molar-refractivity contribution in [3.63, 3.8) is 0 Å². The van der Waals surface area contributed by atoms with E-state index >= 15 is 4.39 Å². The van der Waals surface area contributed by atoms with E-state index in [1.165, 1.54) is 36.3 Å². The Morgan fingerprint density at radius 3 is 2.51 bits per heavy atom. The fourth-order valence-electron chi connectivity index (χ4n) is 4.23. The van der Waals surface area contributed by atoms with E-state index in [1.807, 2.05) is 0 Å². The predicted octanol–water partition coefficient (Wildman–Crippen LogP) is 3.54. The fourth-order valence-corrected chi connectivity index (χ4v) is 5.73. The summed E-state index contributed by atoms with van der Waals surface area (Å²) >= 11 is 0. The number of para-hydroxylation sites is 1. The van der Waals surface area contributed by atoms with E-state index in [9.17, 15) is 19.3 Å². The Hall–Kier alpha value is -3.49. The number of esters is 1. The minimum Gasteiger partial charge on any atom is -0.462 e. The van der Waals surface area contributed by atoms with E-state index in [-0.39, 0.29) is 34.6 Å². The molecule has 4 rings (SSSR count). The summed E-state index contributed by atoms with van der Waals surface area (Å²) in [6, 6.07) is 7.00. The zero-order valence-electron chi connectivity index (χ0n) is 24.6. The molecule has 0 saturated carbocycles. The van der Waals surface area contributed by atoms with Crippen molar-refractivity contribution in [1.82, 2.24) is 24.6 Å². The summed E-state index contributed by atoms with van der Waals surface area (Å²) in [6.07, 6.45) is -2.48. The number of hydrogen-bond donors (Lipinski definition) is 3. The van der Waals surface area contributed by atoms with Crippen LogP contribution in [0.25, 0.3) is 11.2 Å². The number of aromatic nitrogens is 4. The van der Waals surface area contributed by atoms with Crippen molar-refractivity contribution >= 4 is 36.6 Å². The van der Waals surface area contributed by atoms with Gasteiger partial charge in [-0.3, -0.25) is 18.7 Å². The Kier molecular flexibility index (Phi) is 9.82. The lowest BCUT2D eigenvalue weighted by Crippen LogP contribution is -2.41. The SMILES string of the molecule is CC(C)OC(=O)[C@H](C)N[P@](=O)(OC[C@H]1O[C@@H](n2cnc3c(NC(=O)C(C)C)ncnc32)[C@](C)(F)[C@@H]1O)Oc1ccccc1. The number of aliphatic hydroxyl groups excluding tert-OH is 1. The third-order valence-electron chi connectivity index (χ3n) is 6.53. The number of carbonyl (C=O) groups is 2. The Labute approximate surface area is 247 Å². The average molecular weight is 623 g/mol. The number of benzene rings is 1. The number of amides is 1. The predicted molar refractivity (Wildman–Crippen MR) is 153 cm³/mol. The van der Waals surface area contributed by atoms with Gasteiger partial charge in [0.15, 0.2) is 28.9 Å². The summed E-state index contributed by atoms with van der Waals surface area (Å²) in [5.41, 5.74) is -2.05. The molecule has 2 aromatic heterocycles. The maximum absolute atomic E-state index is 16.1. The van der Waals surface area contributed by atoms with E-state index in [2.05, 4.69) is 25.4 Å². The van der Waals surface area contributed by atoms with Crippen LogP contribution in [0.4, 0.5) is 10.2 Å². The van der Waals surface area contributed by atoms with Gasteiger partial charge in [0.25, 0.3) is 0 Å². The minimum absolute atomic E-state index is 0.136. The first-order valence-corrected chi connectivity index (χ1v) is 15.2. The molecule has 0 radical (unpaired) electrons. The summed E-state index contributed by atoms with van der Waals surface area (Å²) in [6.45, 7) is 8.75. The van der Waals surface area contributed by atoms with Crippen LogP contribution in [0, 0.1) is 5.92 Å². The second kappa shape index (κ2) is 13.0. The topological polar surface area (TPSA) is 176 Å². The molecule has 16 heteroatoms. The highest BCUT2D eigenvalue weighted by Gasteiger charge is 2.56. The van der Waals surface area contributed by atoms with Gasteiger partial charge in [0.2, 0.25) is 5.91 Å². The number of hydrogen-bond acceptors (Lipinski definition) is 11. The molecule has 1 aliphatic rings. The fraction of sp³-hybridized carbons (Fsp3) is 0.519. The monoisotopic (exact) mass is 622 g/mol. The molecule has 0 spiro atoms. The van der Waals surface area contributed by atoms with Gasteiger partial charge in [-0.1, -0.05) is 32.0 Å². The summed E-state index contributed by atoms with van der Waals surface area (Å²) in [5.74, 6) is -1.000. The smallest absolute Gasteiger partial charge is 0.459 e. The number of alkyl halides is 1. The highest BCUT2D eigenvalue weighted by atomic mass is 31.2. The summed E-state index contributed by atoms with van der Waals surface area (Å²) in [5, 5.41) is 16.1. The molecule has 0 bridgehead atoms. The Balaban J connectivity index is 1.55. The van der Waals surface area contributed by atoms with Crippen molar-refractivity contribution in [2.75, 3.05) is 11.9 Å². The van der Waals surface area contributed by atoms with E-state index in [0.717, 1.165) is 6.92 Å². The van der Waals surface area contributed by atoms with E-state index in [1.54, 1.807) is 45.9 Å². The lowest BCUT2D eigenvalue weighted by Gasteiger charge is -2.25. The molecule has 3 aromatic rings. The number of rotatable bonds is 12. The normalized spacial score (nSPS) is 24.2. The van der Waals surface area contributed by atoms with Gasteiger partial charge in [0.1, 0.15) is 30.3 Å². The Bertz CT molecular complexity index is 1490. The van der Waals surface area contributed by atoms with Gasteiger partial charge in [0.05, 0.1) is 19.0 Å². The minimum atomic E-state index is -4.31. The zero-order chi connectivity index (χ0) is 31.5. The van der Waals surface area contributed by atoms with Crippen molar-refractivity contribution in [3.05, 3.63) is 43.0 Å². The van der Waals surface area contributed by atoms with Crippen LogP contribution in [-0.2, 0) is 28.2 Å². The molecule has 6 atom stereocenters. The molecule has 1 amide bonds. The second-order valence-electron chi connectivity index (χ2n) is 10.8. The molecule has 3 heterocycles. The molecule has 1 aromatic carbocycles. The highest BCUT2D eigenvalue weighted by molar-refractivity contribution is 7.52. The standard InChI is InChI=1S/C27H36FN6O8P/c1-15(2)24(36)32-22-20-23(30-13-29-22)34(14-31-20)26-27(6,28)21(35)19(41-26)12-39-43(38,42-18-10-8-7-9-11-18)33-17(5)25(37)40-16(3)4/h7-11,13-17,19,21,26,35H,12H2,1-6H3,(H,33,38)(H,29,30,32,36)/t17-,19+,21+,26+,27+,43-/m0/s1. The summed E-state index contributed by atoms with van der Waals surface area (Å²) < 4.78 is 53.4. The zero-order valence-corrected chi connectivity index (χ0v) is 25.5. The maximum atomic E-state index is 16.1. The first-order chi connectivity index (χ1) is 20.2. The highest BCUT2D eigenvalue weighted by Crippen LogP contribution is 2.48. The van der Waals surface area contributed by atoms with Gasteiger partial charge in [-0.25, -0.2) is 23.9 Å². The number of aliphatic hydroxyl groups is 1. The van der Waals surface area contributed by atoms with Crippen molar-refractivity contribution in [3.8, 4) is 5.75 Å². The van der Waals surface area contributed by atoms with Crippen LogP contribution in [0.5, 0.6) is 5.75 Å². The van der Waals surface area contributed by atoms with Gasteiger partial charge < -0.3 is 24.4 Å². The Morgan fingerprint density at radius 1 is 1.16 bits per heavy atom. The molecule has 234 valence electrons. The van der Waals surface area contributed by atoms with E-state index < -0.39 is 56.6 Å². The number of nitrogens with one attached hydrogen (secondary N) is 2. The van der Waals surface area contributed by atoms with Crippen LogP contribution in [0.1, 0.15) is 47.8 Å². The average Bonchev–Trinajstić information content (AvgIpc) is 3.46. The first-order valence-electron chi connectivity index (χ1n) is 13.7. The van der Waals surface area contributed by atoms with E-state index in [0.29, 0.717) is 0 Å². The molecule has 0 unspecified atom stereocenters. The van der Waals surface area contributed by atoms with Crippen LogP contribution in [-0.4, -0.2) is 73.1 Å². The van der Waals surface area contributed by atoms with Gasteiger partial charge in [-0.2, -0.15) is 5.09 Å². The van der Waals surface area contributed by atoms with Gasteiger partial charge >= 0.3 is 13.7 Å². The quantitative estimate of drug-likeness (QED) is 0.198. The molecule has 0 aliphatic carbocycles. The lowest BCUT2D eigenvalue weighted by atomic mass is 9.98. The molecule has 43 heavy (non-hydrogen) atoms.